The molecule has 0 spiro atoms. The first-order chi connectivity index (χ1) is 6.81. The monoisotopic (exact) mass is 198 g/mol. The van der Waals surface area contributed by atoms with Gasteiger partial charge in [-0.2, -0.15) is 0 Å². The second-order valence-electron chi connectivity index (χ2n) is 4.18. The number of likely N-dealkylation sites (tertiary alicyclic amines) is 1. The topological polar surface area (TPSA) is 52.6 Å². The molecule has 14 heavy (non-hydrogen) atoms. The molecule has 1 aliphatic carbocycles. The maximum atomic E-state index is 11.8. The first-order valence-electron chi connectivity index (χ1n) is 5.47. The van der Waals surface area contributed by atoms with Gasteiger partial charge in [0.15, 0.2) is 0 Å². The Bertz CT molecular complexity index is 216. The predicted molar refractivity (Wildman–Crippen MR) is 52.8 cm³/mol. The molecule has 4 heteroatoms. The summed E-state index contributed by atoms with van der Waals surface area (Å²) in [5.74, 6) is 0.227. The molecule has 0 aromatic rings. The highest BCUT2D eigenvalue weighted by molar-refractivity contribution is 5.84. The van der Waals surface area contributed by atoms with Crippen molar-refractivity contribution in [1.82, 2.24) is 10.2 Å². The molecule has 2 N–H and O–H groups in total. The lowest BCUT2D eigenvalue weighted by Gasteiger charge is -2.16. The van der Waals surface area contributed by atoms with Crippen LogP contribution in [-0.4, -0.2) is 47.7 Å². The zero-order valence-electron chi connectivity index (χ0n) is 8.41. The largest absolute Gasteiger partial charge is 0.396 e. The molecule has 0 radical (unpaired) electrons. The highest BCUT2D eigenvalue weighted by atomic mass is 16.3. The molecule has 2 fully saturated rings. The summed E-state index contributed by atoms with van der Waals surface area (Å²) < 4.78 is 0. The smallest absolute Gasteiger partial charge is 0.239 e. The molecule has 1 aliphatic heterocycles. The van der Waals surface area contributed by atoms with Gasteiger partial charge in [0.05, 0.1) is 6.04 Å². The van der Waals surface area contributed by atoms with Gasteiger partial charge in [0.1, 0.15) is 0 Å². The standard InChI is InChI=1S/C10H18N2O2/c13-7-1-5-12-6-4-9(10(12)14)11-8-2-3-8/h8-9,11,13H,1-7H2. The fourth-order valence-electron chi connectivity index (χ4n) is 1.91. The number of hydrogen-bond acceptors (Lipinski definition) is 3. The molecule has 4 nitrogen and oxygen atoms in total. The molecule has 0 bridgehead atoms. The molecule has 2 rings (SSSR count). The lowest BCUT2D eigenvalue weighted by Crippen LogP contribution is -2.39. The molecular weight excluding hydrogens is 180 g/mol. The fourth-order valence-corrected chi connectivity index (χ4v) is 1.91. The summed E-state index contributed by atoms with van der Waals surface area (Å²) in [5, 5.41) is 12.0. The van der Waals surface area contributed by atoms with Crippen molar-refractivity contribution in [2.24, 2.45) is 0 Å². The van der Waals surface area contributed by atoms with Crippen molar-refractivity contribution >= 4 is 5.91 Å². The quantitative estimate of drug-likeness (QED) is 0.639. The van der Waals surface area contributed by atoms with Crippen LogP contribution in [0.4, 0.5) is 0 Å². The summed E-state index contributed by atoms with van der Waals surface area (Å²) >= 11 is 0. The third-order valence-electron chi connectivity index (χ3n) is 2.90. The summed E-state index contributed by atoms with van der Waals surface area (Å²) in [6.45, 7) is 1.73. The van der Waals surface area contributed by atoms with E-state index in [1.165, 1.54) is 12.8 Å². The van der Waals surface area contributed by atoms with Crippen molar-refractivity contribution in [3.63, 3.8) is 0 Å². The molecule has 1 atom stereocenters. The molecule has 1 heterocycles. The highest BCUT2D eigenvalue weighted by Crippen LogP contribution is 2.22. The van der Waals surface area contributed by atoms with Crippen LogP contribution in [0.5, 0.6) is 0 Å². The predicted octanol–water partition coefficient (Wildman–Crippen LogP) is -0.278. The fraction of sp³-hybridized carbons (Fsp3) is 0.900. The van der Waals surface area contributed by atoms with Gasteiger partial charge in [-0.1, -0.05) is 0 Å². The van der Waals surface area contributed by atoms with Crippen LogP contribution < -0.4 is 5.32 Å². The van der Waals surface area contributed by atoms with Crippen LogP contribution in [0.15, 0.2) is 0 Å². The van der Waals surface area contributed by atoms with E-state index >= 15 is 0 Å². The number of carbonyl (C=O) groups excluding carboxylic acids is 1. The lowest BCUT2D eigenvalue weighted by atomic mass is 10.2. The van der Waals surface area contributed by atoms with Crippen molar-refractivity contribution in [3.8, 4) is 0 Å². The molecule has 0 aromatic carbocycles. The van der Waals surface area contributed by atoms with E-state index in [0.29, 0.717) is 19.0 Å². The summed E-state index contributed by atoms with van der Waals surface area (Å²) in [6, 6.07) is 0.655. The van der Waals surface area contributed by atoms with Crippen molar-refractivity contribution in [2.75, 3.05) is 19.7 Å². The number of nitrogens with zero attached hydrogens (tertiary/aromatic N) is 1. The number of nitrogens with one attached hydrogen (secondary N) is 1. The van der Waals surface area contributed by atoms with Gasteiger partial charge >= 0.3 is 0 Å². The second-order valence-corrected chi connectivity index (χ2v) is 4.18. The summed E-state index contributed by atoms with van der Waals surface area (Å²) in [5.41, 5.74) is 0. The van der Waals surface area contributed by atoms with E-state index < -0.39 is 0 Å². The van der Waals surface area contributed by atoms with Crippen molar-refractivity contribution < 1.29 is 9.90 Å². The normalized spacial score (nSPS) is 27.4. The third-order valence-corrected chi connectivity index (χ3v) is 2.90. The molecular formula is C10H18N2O2. The van der Waals surface area contributed by atoms with E-state index in [9.17, 15) is 4.79 Å². The maximum absolute atomic E-state index is 11.8. The third kappa shape index (κ3) is 2.25. The van der Waals surface area contributed by atoms with E-state index in [-0.39, 0.29) is 18.6 Å². The molecule has 1 saturated carbocycles. The van der Waals surface area contributed by atoms with Gasteiger partial charge in [-0.25, -0.2) is 0 Å². The van der Waals surface area contributed by atoms with Crippen LogP contribution in [0.3, 0.4) is 0 Å². The zero-order valence-corrected chi connectivity index (χ0v) is 8.41. The minimum atomic E-state index is 0.0567. The van der Waals surface area contributed by atoms with Gasteiger partial charge in [0.2, 0.25) is 5.91 Å². The first kappa shape index (κ1) is 9.93. The summed E-state index contributed by atoms with van der Waals surface area (Å²) in [7, 11) is 0. The van der Waals surface area contributed by atoms with E-state index in [1.54, 1.807) is 0 Å². The molecule has 1 saturated heterocycles. The Kier molecular flexibility index (Phi) is 3.03. The van der Waals surface area contributed by atoms with Gasteiger partial charge in [-0.15, -0.1) is 0 Å². The van der Waals surface area contributed by atoms with Crippen LogP contribution in [-0.2, 0) is 4.79 Å². The zero-order chi connectivity index (χ0) is 9.97. The number of amides is 1. The Morgan fingerprint density at radius 2 is 2.21 bits per heavy atom. The Hall–Kier alpha value is -0.610. The Morgan fingerprint density at radius 3 is 2.86 bits per heavy atom. The van der Waals surface area contributed by atoms with Gasteiger partial charge in [0.25, 0.3) is 0 Å². The SMILES string of the molecule is O=C1C(NC2CC2)CCN1CCCO. The number of hydrogen-bond donors (Lipinski definition) is 2. The summed E-state index contributed by atoms with van der Waals surface area (Å²) in [6.07, 6.45) is 4.07. The average molecular weight is 198 g/mol. The lowest BCUT2D eigenvalue weighted by molar-refractivity contribution is -0.129. The van der Waals surface area contributed by atoms with Gasteiger partial charge < -0.3 is 15.3 Å². The van der Waals surface area contributed by atoms with Gasteiger partial charge in [-0.05, 0) is 25.7 Å². The summed E-state index contributed by atoms with van der Waals surface area (Å²) in [4.78, 5) is 13.6. The van der Waals surface area contributed by atoms with Crippen molar-refractivity contribution in [2.45, 2.75) is 37.8 Å². The molecule has 80 valence electrons. The highest BCUT2D eigenvalue weighted by Gasteiger charge is 2.34. The van der Waals surface area contributed by atoms with Crippen molar-refractivity contribution in [1.29, 1.82) is 0 Å². The Morgan fingerprint density at radius 1 is 1.43 bits per heavy atom. The first-order valence-corrected chi connectivity index (χ1v) is 5.47. The van der Waals surface area contributed by atoms with E-state index in [4.69, 9.17) is 5.11 Å². The minimum absolute atomic E-state index is 0.0567. The van der Waals surface area contributed by atoms with Crippen LogP contribution >= 0.6 is 0 Å². The van der Waals surface area contributed by atoms with Crippen LogP contribution in [0.25, 0.3) is 0 Å². The van der Waals surface area contributed by atoms with Gasteiger partial charge in [0, 0.05) is 25.7 Å². The van der Waals surface area contributed by atoms with Crippen LogP contribution in [0, 0.1) is 0 Å². The van der Waals surface area contributed by atoms with E-state index in [2.05, 4.69) is 5.32 Å². The number of carbonyl (C=O) groups is 1. The number of aliphatic hydroxyl groups excluding tert-OH is 1. The van der Waals surface area contributed by atoms with E-state index in [1.807, 2.05) is 4.90 Å². The van der Waals surface area contributed by atoms with Crippen LogP contribution in [0.1, 0.15) is 25.7 Å². The molecule has 0 aromatic heterocycles. The van der Waals surface area contributed by atoms with Crippen molar-refractivity contribution in [3.05, 3.63) is 0 Å². The van der Waals surface area contributed by atoms with E-state index in [0.717, 1.165) is 13.0 Å². The molecule has 2 aliphatic rings. The number of rotatable bonds is 5. The number of aliphatic hydroxyl groups is 1. The molecule has 1 amide bonds. The Balaban J connectivity index is 1.76. The Labute approximate surface area is 84.3 Å². The van der Waals surface area contributed by atoms with Crippen LogP contribution in [0.2, 0.25) is 0 Å². The maximum Gasteiger partial charge on any atom is 0.239 e. The molecule has 1 unspecified atom stereocenters. The minimum Gasteiger partial charge on any atom is -0.396 e. The second kappa shape index (κ2) is 4.28. The van der Waals surface area contributed by atoms with Gasteiger partial charge in [-0.3, -0.25) is 4.79 Å². The average Bonchev–Trinajstić information content (AvgIpc) is 2.93.